The maximum absolute atomic E-state index is 10.6. The molecule has 16 heavy (non-hydrogen) atoms. The first-order valence-corrected chi connectivity index (χ1v) is 5.62. The van der Waals surface area contributed by atoms with E-state index in [2.05, 4.69) is 20.8 Å². The normalized spacial score (nSPS) is 12.2. The monoisotopic (exact) mass is 222 g/mol. The van der Waals surface area contributed by atoms with Crippen molar-refractivity contribution >= 4 is 6.16 Å². The molecule has 3 heteroatoms. The van der Waals surface area contributed by atoms with E-state index in [9.17, 15) is 4.79 Å². The van der Waals surface area contributed by atoms with Crippen molar-refractivity contribution in [2.75, 3.05) is 0 Å². The van der Waals surface area contributed by atoms with Gasteiger partial charge in [0.2, 0.25) is 0 Å². The summed E-state index contributed by atoms with van der Waals surface area (Å²) in [4.78, 5) is 10.6. The van der Waals surface area contributed by atoms with Crippen molar-refractivity contribution in [3.05, 3.63) is 29.3 Å². The minimum absolute atomic E-state index is 0.306. The van der Waals surface area contributed by atoms with Gasteiger partial charge in [-0.25, -0.2) is 4.79 Å². The van der Waals surface area contributed by atoms with Gasteiger partial charge in [0, 0.05) is 0 Å². The van der Waals surface area contributed by atoms with Crippen molar-refractivity contribution in [1.29, 1.82) is 0 Å². The Kier molecular flexibility index (Phi) is 4.35. The lowest BCUT2D eigenvalue weighted by atomic mass is 9.95. The molecule has 0 fully saturated rings. The summed E-state index contributed by atoms with van der Waals surface area (Å²) < 4.78 is 4.78. The molecule has 1 aromatic carbocycles. The van der Waals surface area contributed by atoms with Crippen LogP contribution in [0.2, 0.25) is 0 Å². The second kappa shape index (κ2) is 5.54. The van der Waals surface area contributed by atoms with Crippen molar-refractivity contribution in [2.45, 2.75) is 39.5 Å². The molecular formula is C13H18O3. The largest absolute Gasteiger partial charge is 0.511 e. The number of carbonyl (C=O) groups is 1. The third-order valence-electron chi connectivity index (χ3n) is 2.82. The molecule has 0 saturated carbocycles. The summed E-state index contributed by atoms with van der Waals surface area (Å²) in [6.07, 6.45) is 0.647. The molecule has 3 nitrogen and oxygen atoms in total. The third-order valence-corrected chi connectivity index (χ3v) is 2.82. The van der Waals surface area contributed by atoms with Gasteiger partial charge in [-0.1, -0.05) is 32.9 Å². The Labute approximate surface area is 96.1 Å². The Bertz CT molecular complexity index is 371. The molecule has 0 spiro atoms. The van der Waals surface area contributed by atoms with Gasteiger partial charge in [0.15, 0.2) is 0 Å². The Morgan fingerprint density at radius 3 is 2.62 bits per heavy atom. The Morgan fingerprint density at radius 2 is 2.12 bits per heavy atom. The number of hydrogen-bond donors (Lipinski definition) is 1. The van der Waals surface area contributed by atoms with Crippen LogP contribution >= 0.6 is 0 Å². The molecule has 0 bridgehead atoms. The molecule has 0 heterocycles. The molecule has 1 unspecified atom stereocenters. The van der Waals surface area contributed by atoms with Gasteiger partial charge in [0.05, 0.1) is 0 Å². The Hall–Kier alpha value is -1.51. The van der Waals surface area contributed by atoms with Gasteiger partial charge in [-0.05, 0) is 36.0 Å². The van der Waals surface area contributed by atoms with Crippen LogP contribution in [-0.4, -0.2) is 11.3 Å². The number of aryl methyl sites for hydroxylation is 1. The maximum atomic E-state index is 10.6. The van der Waals surface area contributed by atoms with E-state index in [-0.39, 0.29) is 0 Å². The van der Waals surface area contributed by atoms with E-state index in [1.165, 1.54) is 5.56 Å². The summed E-state index contributed by atoms with van der Waals surface area (Å²) in [5.74, 6) is 0.764. The van der Waals surface area contributed by atoms with Gasteiger partial charge in [-0.3, -0.25) is 0 Å². The molecule has 1 N–H and O–H groups in total. The first-order valence-electron chi connectivity index (χ1n) is 5.62. The third kappa shape index (κ3) is 2.99. The van der Waals surface area contributed by atoms with Crippen LogP contribution in [0.5, 0.6) is 5.75 Å². The molecule has 1 aromatic rings. The molecule has 1 atom stereocenters. The fourth-order valence-corrected chi connectivity index (χ4v) is 1.61. The lowest BCUT2D eigenvalue weighted by Crippen LogP contribution is -2.07. The zero-order valence-corrected chi connectivity index (χ0v) is 9.99. The predicted molar refractivity (Wildman–Crippen MR) is 63.2 cm³/mol. The minimum atomic E-state index is -1.26. The topological polar surface area (TPSA) is 46.5 Å². The van der Waals surface area contributed by atoms with E-state index in [1.807, 2.05) is 12.1 Å². The molecule has 0 aliphatic rings. The lowest BCUT2D eigenvalue weighted by molar-refractivity contribution is 0.144. The number of ether oxygens (including phenoxy) is 1. The molecule has 0 aliphatic heterocycles. The van der Waals surface area contributed by atoms with Crippen molar-refractivity contribution in [2.24, 2.45) is 0 Å². The van der Waals surface area contributed by atoms with E-state index in [4.69, 9.17) is 9.84 Å². The van der Waals surface area contributed by atoms with E-state index in [0.717, 1.165) is 18.4 Å². The van der Waals surface area contributed by atoms with Crippen molar-refractivity contribution in [3.63, 3.8) is 0 Å². The molecular weight excluding hydrogens is 204 g/mol. The highest BCUT2D eigenvalue weighted by Crippen LogP contribution is 2.30. The number of carboxylic acid groups (broad SMARTS) is 1. The highest BCUT2D eigenvalue weighted by atomic mass is 16.7. The predicted octanol–water partition coefficient (Wildman–Crippen LogP) is 3.82. The number of benzene rings is 1. The fourth-order valence-electron chi connectivity index (χ4n) is 1.61. The van der Waals surface area contributed by atoms with Gasteiger partial charge in [0.1, 0.15) is 5.75 Å². The van der Waals surface area contributed by atoms with Crippen LogP contribution in [0.3, 0.4) is 0 Å². The molecule has 0 aromatic heterocycles. The molecule has 1 rings (SSSR count). The van der Waals surface area contributed by atoms with Gasteiger partial charge in [-0.2, -0.15) is 0 Å². The second-order valence-corrected chi connectivity index (χ2v) is 3.90. The van der Waals surface area contributed by atoms with Crippen LogP contribution < -0.4 is 4.74 Å². The Balaban J connectivity index is 3.10. The van der Waals surface area contributed by atoms with E-state index >= 15 is 0 Å². The molecule has 0 saturated heterocycles. The first-order chi connectivity index (χ1) is 7.58. The van der Waals surface area contributed by atoms with Crippen molar-refractivity contribution in [3.8, 4) is 5.75 Å². The summed E-state index contributed by atoms with van der Waals surface area (Å²) in [5.41, 5.74) is 2.18. The minimum Gasteiger partial charge on any atom is -0.449 e. The van der Waals surface area contributed by atoms with Crippen LogP contribution in [0.25, 0.3) is 0 Å². The smallest absolute Gasteiger partial charge is 0.449 e. The average Bonchev–Trinajstić information content (AvgIpc) is 2.28. The summed E-state index contributed by atoms with van der Waals surface area (Å²) in [6.45, 7) is 6.23. The zero-order valence-electron chi connectivity index (χ0n) is 9.99. The first kappa shape index (κ1) is 12.6. The van der Waals surface area contributed by atoms with Gasteiger partial charge < -0.3 is 9.84 Å². The lowest BCUT2D eigenvalue weighted by Gasteiger charge is -2.14. The van der Waals surface area contributed by atoms with Crippen LogP contribution in [0.1, 0.15) is 44.2 Å². The van der Waals surface area contributed by atoms with Crippen LogP contribution in [0.15, 0.2) is 18.2 Å². The molecule has 0 aliphatic carbocycles. The fraction of sp³-hybridized carbons (Fsp3) is 0.462. The van der Waals surface area contributed by atoms with E-state index in [0.29, 0.717) is 11.7 Å². The molecule has 0 radical (unpaired) electrons. The highest BCUT2D eigenvalue weighted by Gasteiger charge is 2.13. The van der Waals surface area contributed by atoms with E-state index in [1.54, 1.807) is 6.07 Å². The summed E-state index contributed by atoms with van der Waals surface area (Å²) >= 11 is 0. The maximum Gasteiger partial charge on any atom is 0.511 e. The average molecular weight is 222 g/mol. The Morgan fingerprint density at radius 1 is 1.44 bits per heavy atom. The van der Waals surface area contributed by atoms with Gasteiger partial charge in [0.25, 0.3) is 0 Å². The van der Waals surface area contributed by atoms with Crippen LogP contribution in [-0.2, 0) is 6.42 Å². The summed E-state index contributed by atoms with van der Waals surface area (Å²) in [7, 11) is 0. The highest BCUT2D eigenvalue weighted by molar-refractivity contribution is 5.62. The quantitative estimate of drug-likeness (QED) is 0.622. The van der Waals surface area contributed by atoms with Gasteiger partial charge >= 0.3 is 6.16 Å². The van der Waals surface area contributed by atoms with Crippen LogP contribution in [0.4, 0.5) is 4.79 Å². The second-order valence-electron chi connectivity index (χ2n) is 3.90. The van der Waals surface area contributed by atoms with Crippen molar-refractivity contribution < 1.29 is 14.6 Å². The summed E-state index contributed by atoms with van der Waals surface area (Å²) in [6, 6.07) is 5.69. The molecule has 0 amide bonds. The zero-order chi connectivity index (χ0) is 12.1. The number of hydrogen-bond acceptors (Lipinski definition) is 2. The summed E-state index contributed by atoms with van der Waals surface area (Å²) in [5, 5.41) is 8.65. The van der Waals surface area contributed by atoms with E-state index < -0.39 is 6.16 Å². The van der Waals surface area contributed by atoms with Crippen molar-refractivity contribution in [1.82, 2.24) is 0 Å². The number of rotatable bonds is 4. The van der Waals surface area contributed by atoms with Gasteiger partial charge in [-0.15, -0.1) is 0 Å². The molecule has 88 valence electrons. The SMILES string of the molecule is CCc1ccc(OC(=O)O)c(C(C)CC)c1. The standard InChI is InChI=1S/C13H18O3/c1-4-9(3)11-8-10(5-2)6-7-12(11)16-13(14)15/h6-9H,4-5H2,1-3H3,(H,14,15). The van der Waals surface area contributed by atoms with Crippen LogP contribution in [0, 0.1) is 0 Å².